The van der Waals surface area contributed by atoms with Crippen LogP contribution in [0.5, 0.6) is 0 Å². The molecule has 0 radical (unpaired) electrons. The van der Waals surface area contributed by atoms with E-state index >= 15 is 0 Å². The highest BCUT2D eigenvalue weighted by molar-refractivity contribution is 8.01. The number of hydrogen-bond donors (Lipinski definition) is 1. The minimum absolute atomic E-state index is 0.138. The van der Waals surface area contributed by atoms with Gasteiger partial charge in [0.05, 0.1) is 5.75 Å². The van der Waals surface area contributed by atoms with Crippen molar-refractivity contribution < 1.29 is 4.79 Å². The van der Waals surface area contributed by atoms with E-state index in [1.807, 2.05) is 61.5 Å². The Labute approximate surface area is 174 Å². The van der Waals surface area contributed by atoms with Crippen molar-refractivity contribution in [3.8, 4) is 0 Å². The first-order valence-corrected chi connectivity index (χ1v) is 10.7. The van der Waals surface area contributed by atoms with Crippen molar-refractivity contribution in [1.29, 1.82) is 0 Å². The van der Waals surface area contributed by atoms with Crippen molar-refractivity contribution in [2.45, 2.75) is 17.7 Å². The topological polar surface area (TPSA) is 89.3 Å². The summed E-state index contributed by atoms with van der Waals surface area (Å²) in [5, 5.41) is 15.3. The zero-order valence-corrected chi connectivity index (χ0v) is 17.2. The Morgan fingerprint density at radius 1 is 1.10 bits per heavy atom. The maximum atomic E-state index is 12.7. The van der Waals surface area contributed by atoms with Gasteiger partial charge in [-0.15, -0.1) is 15.3 Å². The summed E-state index contributed by atoms with van der Waals surface area (Å²) >= 11 is 2.50. The lowest BCUT2D eigenvalue weighted by atomic mass is 10.1. The highest BCUT2D eigenvalue weighted by Gasteiger charge is 2.14. The van der Waals surface area contributed by atoms with Gasteiger partial charge in [0.2, 0.25) is 10.9 Å². The first-order chi connectivity index (χ1) is 14.1. The molecule has 7 nitrogen and oxygen atoms in total. The molecule has 0 unspecified atom stereocenters. The van der Waals surface area contributed by atoms with Gasteiger partial charge < -0.3 is 5.32 Å². The number of rotatable bonds is 6. The molecule has 4 aromatic rings. The van der Waals surface area contributed by atoms with Crippen LogP contribution in [0.1, 0.15) is 16.8 Å². The Hall–Kier alpha value is -3.04. The zero-order chi connectivity index (χ0) is 20.2. The molecule has 0 spiro atoms. The molecule has 0 fully saturated rings. The zero-order valence-electron chi connectivity index (χ0n) is 15.5. The molecule has 4 rings (SSSR count). The first-order valence-electron chi connectivity index (χ1n) is 8.87. The fraction of sp³-hybridized carbons (Fsp3) is 0.150. The number of nitrogens with one attached hydrogen (secondary N) is 1. The highest BCUT2D eigenvalue weighted by Crippen LogP contribution is 2.23. The van der Waals surface area contributed by atoms with E-state index < -0.39 is 0 Å². The predicted molar refractivity (Wildman–Crippen MR) is 115 cm³/mol. The minimum atomic E-state index is -0.286. The molecule has 2 aromatic heterocycles. The van der Waals surface area contributed by atoms with E-state index in [0.29, 0.717) is 21.4 Å². The summed E-state index contributed by atoms with van der Waals surface area (Å²) in [5.74, 6) is 0.0496. The molecule has 0 atom stereocenters. The molecule has 0 aliphatic rings. The molecule has 0 aliphatic carbocycles. The van der Waals surface area contributed by atoms with Gasteiger partial charge >= 0.3 is 0 Å². The smallest absolute Gasteiger partial charge is 0.297 e. The number of aryl methyl sites for hydroxylation is 1. The molecular formula is C20H17N5O2S2. The first kappa shape index (κ1) is 19.3. The molecule has 2 heterocycles. The largest absolute Gasteiger partial charge is 0.325 e. The van der Waals surface area contributed by atoms with Crippen LogP contribution in [-0.4, -0.2) is 31.5 Å². The minimum Gasteiger partial charge on any atom is -0.325 e. The van der Waals surface area contributed by atoms with Gasteiger partial charge in [-0.2, -0.15) is 4.52 Å². The van der Waals surface area contributed by atoms with E-state index in [9.17, 15) is 9.59 Å². The highest BCUT2D eigenvalue weighted by atomic mass is 32.2. The molecule has 0 saturated heterocycles. The van der Waals surface area contributed by atoms with Crippen LogP contribution in [0.2, 0.25) is 0 Å². The van der Waals surface area contributed by atoms with Crippen molar-refractivity contribution in [3.63, 3.8) is 0 Å². The van der Waals surface area contributed by atoms with Crippen molar-refractivity contribution >= 4 is 39.7 Å². The van der Waals surface area contributed by atoms with Crippen LogP contribution >= 0.6 is 23.1 Å². The van der Waals surface area contributed by atoms with Crippen LogP contribution in [0.25, 0.3) is 4.96 Å². The quantitative estimate of drug-likeness (QED) is 0.479. The summed E-state index contributed by atoms with van der Waals surface area (Å²) in [5.41, 5.74) is 2.92. The summed E-state index contributed by atoms with van der Waals surface area (Å²) in [7, 11) is 0. The number of fused-ring (bicyclic) bond motifs is 1. The Balaban J connectivity index is 1.44. The Morgan fingerprint density at radius 3 is 2.62 bits per heavy atom. The Morgan fingerprint density at radius 2 is 1.86 bits per heavy atom. The second-order valence-corrected chi connectivity index (χ2v) is 8.56. The summed E-state index contributed by atoms with van der Waals surface area (Å²) in [6.45, 7) is 1.99. The summed E-state index contributed by atoms with van der Waals surface area (Å²) < 4.78 is 1.85. The van der Waals surface area contributed by atoms with Crippen molar-refractivity contribution in [1.82, 2.24) is 19.8 Å². The normalized spacial score (nSPS) is 10.9. The van der Waals surface area contributed by atoms with Crippen LogP contribution in [0.4, 0.5) is 5.69 Å². The third-order valence-electron chi connectivity index (χ3n) is 4.11. The second-order valence-electron chi connectivity index (χ2n) is 6.38. The van der Waals surface area contributed by atoms with Gasteiger partial charge in [0.1, 0.15) is 5.69 Å². The third kappa shape index (κ3) is 4.69. The van der Waals surface area contributed by atoms with Crippen molar-refractivity contribution in [2.24, 2.45) is 0 Å². The number of amides is 1. The average molecular weight is 424 g/mol. The number of aromatic nitrogens is 4. The van der Waals surface area contributed by atoms with Gasteiger partial charge in [0, 0.05) is 12.1 Å². The van der Waals surface area contributed by atoms with Gasteiger partial charge in [0.25, 0.3) is 5.56 Å². The fourth-order valence-corrected chi connectivity index (χ4v) is 4.32. The van der Waals surface area contributed by atoms with Gasteiger partial charge in [-0.05, 0) is 24.6 Å². The molecule has 1 N–H and O–H groups in total. The van der Waals surface area contributed by atoms with Crippen LogP contribution in [0.3, 0.4) is 0 Å². The van der Waals surface area contributed by atoms with Gasteiger partial charge in [0.15, 0.2) is 4.34 Å². The number of thioether (sulfide) groups is 1. The van der Waals surface area contributed by atoms with Crippen LogP contribution in [0.15, 0.2) is 63.7 Å². The number of hydrogen-bond acceptors (Lipinski definition) is 7. The maximum Gasteiger partial charge on any atom is 0.297 e. The molecule has 146 valence electrons. The number of carbonyl (C=O) groups excluding carboxylic acids is 1. The number of nitrogens with zero attached hydrogens (tertiary/aromatic N) is 4. The van der Waals surface area contributed by atoms with E-state index in [-0.39, 0.29) is 17.2 Å². The standard InChI is InChI=1S/C20H17N5O2S2/c1-13-7-9-15(10-8-13)21-17(26)12-28-20-24-25-18(27)16(22-23-19(25)29-20)11-14-5-3-2-4-6-14/h2-10H,11-12H2,1H3,(H,21,26). The lowest BCUT2D eigenvalue weighted by molar-refractivity contribution is -0.113. The maximum absolute atomic E-state index is 12.7. The molecule has 1 amide bonds. The lowest BCUT2D eigenvalue weighted by Crippen LogP contribution is -2.22. The van der Waals surface area contributed by atoms with Crippen LogP contribution in [-0.2, 0) is 11.2 Å². The van der Waals surface area contributed by atoms with Crippen molar-refractivity contribution in [2.75, 3.05) is 11.1 Å². The molecule has 29 heavy (non-hydrogen) atoms. The van der Waals surface area contributed by atoms with E-state index in [2.05, 4.69) is 20.6 Å². The third-order valence-corrected chi connectivity index (χ3v) is 6.15. The summed E-state index contributed by atoms with van der Waals surface area (Å²) in [4.78, 5) is 25.2. The number of benzene rings is 2. The number of anilines is 1. The molecule has 9 heteroatoms. The molecule has 0 aliphatic heterocycles. The summed E-state index contributed by atoms with van der Waals surface area (Å²) in [6, 6.07) is 17.2. The number of carbonyl (C=O) groups is 1. The van der Waals surface area contributed by atoms with Crippen LogP contribution < -0.4 is 10.9 Å². The van der Waals surface area contributed by atoms with E-state index in [1.54, 1.807) is 0 Å². The Bertz CT molecular complexity index is 1200. The monoisotopic (exact) mass is 423 g/mol. The molecular weight excluding hydrogens is 406 g/mol. The summed E-state index contributed by atoms with van der Waals surface area (Å²) in [6.07, 6.45) is 0.397. The fourth-order valence-electron chi connectivity index (χ4n) is 2.65. The van der Waals surface area contributed by atoms with E-state index in [0.717, 1.165) is 16.8 Å². The Kier molecular flexibility index (Phi) is 5.68. The molecule has 0 bridgehead atoms. The predicted octanol–water partition coefficient (Wildman–Crippen LogP) is 3.18. The SMILES string of the molecule is Cc1ccc(NC(=O)CSc2nn3c(=O)c(Cc4ccccc4)nnc3s2)cc1. The van der Waals surface area contributed by atoms with Gasteiger partial charge in [-0.25, -0.2) is 0 Å². The lowest BCUT2D eigenvalue weighted by Gasteiger charge is -2.04. The van der Waals surface area contributed by atoms with E-state index in [1.165, 1.54) is 27.6 Å². The average Bonchev–Trinajstić information content (AvgIpc) is 3.15. The molecule has 0 saturated carbocycles. The van der Waals surface area contributed by atoms with Crippen LogP contribution in [0, 0.1) is 6.92 Å². The van der Waals surface area contributed by atoms with E-state index in [4.69, 9.17) is 0 Å². The van der Waals surface area contributed by atoms with Gasteiger partial charge in [-0.3, -0.25) is 9.59 Å². The second kappa shape index (κ2) is 8.54. The van der Waals surface area contributed by atoms with Gasteiger partial charge in [-0.1, -0.05) is 71.1 Å². The molecule has 2 aromatic carbocycles. The van der Waals surface area contributed by atoms with Crippen molar-refractivity contribution in [3.05, 3.63) is 81.8 Å².